The van der Waals surface area contributed by atoms with Crippen LogP contribution in [0, 0.1) is 0 Å². The summed E-state index contributed by atoms with van der Waals surface area (Å²) < 4.78 is 5.70. The molecule has 0 heterocycles. The highest BCUT2D eigenvalue weighted by Gasteiger charge is 2.27. The molecule has 0 radical (unpaired) electrons. The van der Waals surface area contributed by atoms with Gasteiger partial charge in [-0.25, -0.2) is 0 Å². The van der Waals surface area contributed by atoms with Crippen LogP contribution in [0.3, 0.4) is 0 Å². The lowest BCUT2D eigenvalue weighted by Crippen LogP contribution is -2.40. The van der Waals surface area contributed by atoms with E-state index in [0.29, 0.717) is 5.31 Å². The molecule has 2 N–H and O–H groups in total. The van der Waals surface area contributed by atoms with Crippen LogP contribution in [0.2, 0.25) is 5.31 Å². The lowest BCUT2D eigenvalue weighted by molar-refractivity contribution is 0.0542. The summed E-state index contributed by atoms with van der Waals surface area (Å²) in [5, 5.41) is 0.322. The molecule has 0 saturated carbocycles. The molecule has 1 atom stereocenters. The SMILES string of the molecule is CCOC(C)(C)BBC(C)(C)CC(C)N. The Morgan fingerprint density at radius 3 is 2.13 bits per heavy atom. The predicted octanol–water partition coefficient (Wildman–Crippen LogP) is 1.48. The van der Waals surface area contributed by atoms with Crippen molar-refractivity contribution in [2.24, 2.45) is 5.73 Å². The molecule has 0 aliphatic carbocycles. The van der Waals surface area contributed by atoms with Gasteiger partial charge in [-0.3, -0.25) is 0 Å². The van der Waals surface area contributed by atoms with Crippen molar-refractivity contribution < 1.29 is 4.74 Å². The summed E-state index contributed by atoms with van der Waals surface area (Å²) in [5.41, 5.74) is 5.85. The van der Waals surface area contributed by atoms with Gasteiger partial charge in [0.2, 0.25) is 0 Å². The monoisotopic (exact) mass is 211 g/mol. The van der Waals surface area contributed by atoms with Gasteiger partial charge in [0, 0.05) is 18.1 Å². The quantitative estimate of drug-likeness (QED) is 0.647. The molecule has 0 fully saturated rings. The Morgan fingerprint density at radius 2 is 1.73 bits per heavy atom. The van der Waals surface area contributed by atoms with E-state index in [4.69, 9.17) is 10.5 Å². The molecule has 0 rings (SSSR count). The summed E-state index contributed by atoms with van der Waals surface area (Å²) in [5.74, 6) is 0. The highest BCUT2D eigenvalue weighted by Crippen LogP contribution is 2.29. The first-order chi connectivity index (χ1) is 6.68. The van der Waals surface area contributed by atoms with Crippen molar-refractivity contribution in [3.63, 3.8) is 0 Å². The Balaban J connectivity index is 4.01. The number of hydrogen-bond donors (Lipinski definition) is 1. The zero-order valence-electron chi connectivity index (χ0n) is 11.4. The maximum absolute atomic E-state index is 5.85. The standard InChI is InChI=1S/C11H27B2NO/c1-7-15-11(5,6)13-12-10(3,4)8-9(2)14/h9,12-13H,7-8,14H2,1-6H3. The van der Waals surface area contributed by atoms with Crippen LogP contribution in [-0.2, 0) is 4.74 Å². The van der Waals surface area contributed by atoms with Crippen LogP contribution in [0.25, 0.3) is 0 Å². The molecule has 2 nitrogen and oxygen atoms in total. The molecular formula is C11H27B2NO. The van der Waals surface area contributed by atoms with Gasteiger partial charge in [-0.1, -0.05) is 19.2 Å². The second-order valence-electron chi connectivity index (χ2n) is 6.04. The van der Waals surface area contributed by atoms with E-state index in [9.17, 15) is 0 Å². The number of ether oxygens (including phenoxy) is 1. The van der Waals surface area contributed by atoms with Crippen molar-refractivity contribution in [1.29, 1.82) is 0 Å². The minimum Gasteiger partial charge on any atom is -0.385 e. The van der Waals surface area contributed by atoms with E-state index in [2.05, 4.69) is 41.5 Å². The lowest BCUT2D eigenvalue weighted by atomic mass is 9.24. The summed E-state index contributed by atoms with van der Waals surface area (Å²) in [7, 11) is 2.27. The van der Waals surface area contributed by atoms with E-state index >= 15 is 0 Å². The number of hydrogen-bond acceptors (Lipinski definition) is 2. The van der Waals surface area contributed by atoms with Crippen molar-refractivity contribution in [3.8, 4) is 0 Å². The number of nitrogens with two attached hydrogens (primary N) is 1. The van der Waals surface area contributed by atoms with E-state index in [0.717, 1.165) is 20.2 Å². The normalized spacial score (nSPS) is 14.9. The largest absolute Gasteiger partial charge is 0.385 e. The molecule has 0 aliphatic rings. The molecular weight excluding hydrogens is 184 g/mol. The Kier molecular flexibility index (Phi) is 5.97. The van der Waals surface area contributed by atoms with Crippen LogP contribution < -0.4 is 5.73 Å². The molecule has 0 aromatic heterocycles. The molecule has 0 amide bonds. The van der Waals surface area contributed by atoms with Gasteiger partial charge < -0.3 is 10.5 Å². The van der Waals surface area contributed by atoms with Crippen LogP contribution in [-0.4, -0.2) is 32.5 Å². The highest BCUT2D eigenvalue weighted by molar-refractivity contribution is 7.03. The average Bonchev–Trinajstić information content (AvgIpc) is 1.99. The average molecular weight is 211 g/mol. The van der Waals surface area contributed by atoms with Gasteiger partial charge in [0.15, 0.2) is 0 Å². The lowest BCUT2D eigenvalue weighted by Gasteiger charge is -2.30. The smallest absolute Gasteiger partial charge is 0.127 e. The van der Waals surface area contributed by atoms with Gasteiger partial charge in [0.1, 0.15) is 7.17 Å². The van der Waals surface area contributed by atoms with Crippen molar-refractivity contribution in [1.82, 2.24) is 0 Å². The maximum Gasteiger partial charge on any atom is 0.127 e. The second kappa shape index (κ2) is 5.95. The molecule has 0 bridgehead atoms. The predicted molar refractivity (Wildman–Crippen MR) is 72.3 cm³/mol. The first kappa shape index (κ1) is 15.0. The fourth-order valence-corrected chi connectivity index (χ4v) is 2.08. The molecule has 1 unspecified atom stereocenters. The number of rotatable bonds is 7. The molecule has 0 aromatic rings. The van der Waals surface area contributed by atoms with Crippen LogP contribution in [0.15, 0.2) is 0 Å². The third-order valence-electron chi connectivity index (χ3n) is 2.81. The zero-order chi connectivity index (χ0) is 12.1. The fraction of sp³-hybridized carbons (Fsp3) is 1.00. The van der Waals surface area contributed by atoms with Gasteiger partial charge in [-0.05, 0) is 34.1 Å². The minimum atomic E-state index is 0.00383. The first-order valence-corrected chi connectivity index (χ1v) is 6.08. The zero-order valence-corrected chi connectivity index (χ0v) is 11.4. The van der Waals surface area contributed by atoms with Crippen LogP contribution in [0.5, 0.6) is 0 Å². The van der Waals surface area contributed by atoms with Gasteiger partial charge in [-0.15, -0.1) is 0 Å². The third-order valence-corrected chi connectivity index (χ3v) is 2.81. The Bertz CT molecular complexity index is 181. The van der Waals surface area contributed by atoms with Crippen molar-refractivity contribution in [2.45, 2.75) is 64.8 Å². The van der Waals surface area contributed by atoms with Crippen LogP contribution in [0.1, 0.15) is 48.0 Å². The maximum atomic E-state index is 5.85. The van der Waals surface area contributed by atoms with E-state index in [-0.39, 0.29) is 11.5 Å². The summed E-state index contributed by atoms with van der Waals surface area (Å²) >= 11 is 0. The minimum absolute atomic E-state index is 0.00383. The van der Waals surface area contributed by atoms with Crippen LogP contribution in [0.4, 0.5) is 0 Å². The summed E-state index contributed by atoms with van der Waals surface area (Å²) in [6.07, 6.45) is 1.08. The van der Waals surface area contributed by atoms with Crippen molar-refractivity contribution >= 4 is 14.3 Å². The van der Waals surface area contributed by atoms with Gasteiger partial charge in [0.25, 0.3) is 0 Å². The topological polar surface area (TPSA) is 35.2 Å². The first-order valence-electron chi connectivity index (χ1n) is 6.08. The van der Waals surface area contributed by atoms with E-state index in [1.807, 2.05) is 0 Å². The van der Waals surface area contributed by atoms with Gasteiger partial charge in [-0.2, -0.15) is 0 Å². The summed E-state index contributed by atoms with van der Waals surface area (Å²) in [6.45, 7) is 13.8. The molecule has 0 aromatic carbocycles. The molecule has 0 aliphatic heterocycles. The molecule has 0 spiro atoms. The molecule has 4 heteroatoms. The Morgan fingerprint density at radius 1 is 1.20 bits per heavy atom. The van der Waals surface area contributed by atoms with E-state index in [1.54, 1.807) is 0 Å². The highest BCUT2D eigenvalue weighted by atomic mass is 16.5. The fourth-order valence-electron chi connectivity index (χ4n) is 2.08. The van der Waals surface area contributed by atoms with Crippen molar-refractivity contribution in [2.75, 3.05) is 6.61 Å². The van der Waals surface area contributed by atoms with Gasteiger partial charge in [0.05, 0.1) is 7.17 Å². The summed E-state index contributed by atoms with van der Waals surface area (Å²) in [6, 6.07) is 0.287. The molecule has 0 saturated heterocycles. The van der Waals surface area contributed by atoms with Gasteiger partial charge >= 0.3 is 0 Å². The molecule has 15 heavy (non-hydrogen) atoms. The summed E-state index contributed by atoms with van der Waals surface area (Å²) in [4.78, 5) is 0. The second-order valence-corrected chi connectivity index (χ2v) is 6.04. The Labute approximate surface area is 96.8 Å². The third kappa shape index (κ3) is 7.92. The van der Waals surface area contributed by atoms with Crippen molar-refractivity contribution in [3.05, 3.63) is 0 Å². The Hall–Kier alpha value is 0.0499. The van der Waals surface area contributed by atoms with E-state index < -0.39 is 0 Å². The molecule has 88 valence electrons. The van der Waals surface area contributed by atoms with E-state index in [1.165, 1.54) is 7.17 Å². The van der Waals surface area contributed by atoms with Crippen LogP contribution >= 0.6 is 0 Å².